The monoisotopic (exact) mass is 236 g/mol. The molecule has 0 unspecified atom stereocenters. The lowest BCUT2D eigenvalue weighted by molar-refractivity contribution is 0.00333. The summed E-state index contributed by atoms with van der Waals surface area (Å²) in [7, 11) is 4.08. The highest BCUT2D eigenvalue weighted by Crippen LogP contribution is 2.15. The summed E-state index contributed by atoms with van der Waals surface area (Å²) in [6, 6.07) is 8.39. The van der Waals surface area contributed by atoms with Crippen LogP contribution in [0, 0.1) is 0 Å². The molecule has 1 aromatic rings. The quantitative estimate of drug-likeness (QED) is 0.795. The number of benzene rings is 1. The molecule has 0 saturated heterocycles. The maximum atomic E-state index is 5.64. The largest absolute Gasteiger partial charge is 0.383 e. The van der Waals surface area contributed by atoms with Crippen LogP contribution in [-0.4, -0.2) is 32.8 Å². The zero-order valence-electron chi connectivity index (χ0n) is 11.6. The average Bonchev–Trinajstić information content (AvgIpc) is 2.24. The molecular formula is C14H24N2O. The maximum Gasteiger partial charge on any atom is 0.0646 e. The van der Waals surface area contributed by atoms with E-state index >= 15 is 0 Å². The fraction of sp³-hybridized carbons (Fsp3) is 0.571. The first-order valence-electron chi connectivity index (χ1n) is 6.04. The molecule has 17 heavy (non-hydrogen) atoms. The molecule has 0 aromatic heterocycles. The lowest BCUT2D eigenvalue weighted by Crippen LogP contribution is -2.23. The topological polar surface area (TPSA) is 24.5 Å². The van der Waals surface area contributed by atoms with E-state index < -0.39 is 0 Å². The van der Waals surface area contributed by atoms with Crippen molar-refractivity contribution in [1.29, 1.82) is 0 Å². The zero-order valence-corrected chi connectivity index (χ0v) is 11.6. The summed E-state index contributed by atoms with van der Waals surface area (Å²) in [6.45, 7) is 7.76. The van der Waals surface area contributed by atoms with E-state index in [0.717, 1.165) is 18.8 Å². The minimum absolute atomic E-state index is 0.0591. The van der Waals surface area contributed by atoms with Crippen molar-refractivity contribution >= 4 is 11.4 Å². The van der Waals surface area contributed by atoms with Crippen LogP contribution >= 0.6 is 0 Å². The van der Waals surface area contributed by atoms with Crippen LogP contribution in [0.5, 0.6) is 0 Å². The molecule has 0 atom stereocenters. The van der Waals surface area contributed by atoms with Crippen molar-refractivity contribution in [3.05, 3.63) is 24.3 Å². The van der Waals surface area contributed by atoms with E-state index in [2.05, 4.69) is 55.3 Å². The third-order valence-electron chi connectivity index (χ3n) is 2.35. The van der Waals surface area contributed by atoms with E-state index in [1.165, 1.54) is 5.69 Å². The van der Waals surface area contributed by atoms with Gasteiger partial charge in [-0.05, 0) is 45.0 Å². The van der Waals surface area contributed by atoms with Crippen LogP contribution in [-0.2, 0) is 4.74 Å². The second kappa shape index (κ2) is 5.92. The highest BCUT2D eigenvalue weighted by Gasteiger charge is 2.08. The van der Waals surface area contributed by atoms with Gasteiger partial charge in [-0.3, -0.25) is 0 Å². The molecule has 0 radical (unpaired) electrons. The summed E-state index contributed by atoms with van der Waals surface area (Å²) in [4.78, 5) is 2.09. The van der Waals surface area contributed by atoms with Gasteiger partial charge < -0.3 is 15.0 Å². The molecule has 0 saturated carbocycles. The molecule has 0 aliphatic carbocycles. The molecular weight excluding hydrogens is 212 g/mol. The lowest BCUT2D eigenvalue weighted by atomic mass is 10.2. The van der Waals surface area contributed by atoms with Crippen LogP contribution < -0.4 is 10.2 Å². The van der Waals surface area contributed by atoms with E-state index in [1.807, 2.05) is 14.1 Å². The van der Waals surface area contributed by atoms with E-state index in [9.17, 15) is 0 Å². The summed E-state index contributed by atoms with van der Waals surface area (Å²) in [5.41, 5.74) is 2.28. The summed E-state index contributed by atoms with van der Waals surface area (Å²) >= 11 is 0. The Morgan fingerprint density at radius 1 is 1.12 bits per heavy atom. The van der Waals surface area contributed by atoms with Crippen molar-refractivity contribution in [2.75, 3.05) is 37.5 Å². The predicted octanol–water partition coefficient (Wildman–Crippen LogP) is 2.98. The van der Waals surface area contributed by atoms with Crippen LogP contribution in [0.3, 0.4) is 0 Å². The first-order chi connectivity index (χ1) is 7.88. The summed E-state index contributed by atoms with van der Waals surface area (Å²) in [5, 5.41) is 3.34. The minimum Gasteiger partial charge on any atom is -0.383 e. The van der Waals surface area contributed by atoms with Crippen LogP contribution in [0.2, 0.25) is 0 Å². The van der Waals surface area contributed by atoms with Crippen molar-refractivity contribution in [1.82, 2.24) is 0 Å². The molecule has 3 heteroatoms. The van der Waals surface area contributed by atoms with Gasteiger partial charge in [0.15, 0.2) is 0 Å². The maximum absolute atomic E-state index is 5.64. The van der Waals surface area contributed by atoms with Crippen molar-refractivity contribution < 1.29 is 4.74 Å². The molecule has 3 nitrogen and oxygen atoms in total. The Bertz CT molecular complexity index is 325. The van der Waals surface area contributed by atoms with E-state index in [-0.39, 0.29) is 5.60 Å². The van der Waals surface area contributed by atoms with Crippen molar-refractivity contribution in [3.8, 4) is 0 Å². The van der Waals surface area contributed by atoms with Crippen molar-refractivity contribution in [2.45, 2.75) is 26.4 Å². The molecule has 96 valence electrons. The molecule has 0 fully saturated rings. The average molecular weight is 236 g/mol. The van der Waals surface area contributed by atoms with Gasteiger partial charge in [-0.1, -0.05) is 0 Å². The highest BCUT2D eigenvalue weighted by atomic mass is 16.5. The third kappa shape index (κ3) is 5.59. The Morgan fingerprint density at radius 3 is 2.18 bits per heavy atom. The van der Waals surface area contributed by atoms with Crippen molar-refractivity contribution in [2.24, 2.45) is 0 Å². The van der Waals surface area contributed by atoms with Crippen LogP contribution in [0.15, 0.2) is 24.3 Å². The molecule has 0 spiro atoms. The second-order valence-electron chi connectivity index (χ2n) is 5.33. The van der Waals surface area contributed by atoms with Crippen molar-refractivity contribution in [3.63, 3.8) is 0 Å². The van der Waals surface area contributed by atoms with Gasteiger partial charge in [-0.15, -0.1) is 0 Å². The first kappa shape index (κ1) is 13.8. The molecule has 1 N–H and O–H groups in total. The molecule has 1 rings (SSSR count). The molecule has 0 aliphatic heterocycles. The molecule has 0 bridgehead atoms. The Balaban J connectivity index is 2.33. The Labute approximate surface area is 105 Å². The minimum atomic E-state index is -0.0591. The summed E-state index contributed by atoms with van der Waals surface area (Å²) in [6.07, 6.45) is 0. The zero-order chi connectivity index (χ0) is 12.9. The standard InChI is InChI=1S/C14H24N2O/c1-14(2,3)17-11-10-15-12-6-8-13(9-7-12)16(4)5/h6-9,15H,10-11H2,1-5H3. The van der Waals surface area contributed by atoms with Gasteiger partial charge in [-0.2, -0.15) is 0 Å². The summed E-state index contributed by atoms with van der Waals surface area (Å²) < 4.78 is 5.64. The van der Waals surface area contributed by atoms with Gasteiger partial charge in [0.1, 0.15) is 0 Å². The second-order valence-corrected chi connectivity index (χ2v) is 5.33. The third-order valence-corrected chi connectivity index (χ3v) is 2.35. The van der Waals surface area contributed by atoms with Gasteiger partial charge in [0.2, 0.25) is 0 Å². The first-order valence-corrected chi connectivity index (χ1v) is 6.04. The highest BCUT2D eigenvalue weighted by molar-refractivity contribution is 5.54. The Hall–Kier alpha value is -1.22. The number of rotatable bonds is 5. The Morgan fingerprint density at radius 2 is 1.71 bits per heavy atom. The Kier molecular flexibility index (Phi) is 4.82. The molecule has 0 amide bonds. The van der Waals surface area contributed by atoms with Crippen LogP contribution in [0.4, 0.5) is 11.4 Å². The fourth-order valence-electron chi connectivity index (χ4n) is 1.43. The number of ether oxygens (including phenoxy) is 1. The normalized spacial score (nSPS) is 11.4. The summed E-state index contributed by atoms with van der Waals surface area (Å²) in [5.74, 6) is 0. The van der Waals surface area contributed by atoms with Gasteiger partial charge >= 0.3 is 0 Å². The van der Waals surface area contributed by atoms with Gasteiger partial charge in [-0.25, -0.2) is 0 Å². The van der Waals surface area contributed by atoms with Crippen LogP contribution in [0.1, 0.15) is 20.8 Å². The lowest BCUT2D eigenvalue weighted by Gasteiger charge is -2.20. The smallest absolute Gasteiger partial charge is 0.0646 e. The van der Waals surface area contributed by atoms with E-state index in [0.29, 0.717) is 0 Å². The van der Waals surface area contributed by atoms with Gasteiger partial charge in [0.25, 0.3) is 0 Å². The molecule has 0 aliphatic rings. The number of nitrogens with one attached hydrogen (secondary N) is 1. The molecule has 1 aromatic carbocycles. The number of hydrogen-bond acceptors (Lipinski definition) is 3. The SMILES string of the molecule is CN(C)c1ccc(NCCOC(C)(C)C)cc1. The van der Waals surface area contributed by atoms with E-state index in [4.69, 9.17) is 4.74 Å². The number of anilines is 2. The number of hydrogen-bond donors (Lipinski definition) is 1. The molecule has 0 heterocycles. The fourth-order valence-corrected chi connectivity index (χ4v) is 1.43. The van der Waals surface area contributed by atoms with Gasteiger partial charge in [0, 0.05) is 32.0 Å². The van der Waals surface area contributed by atoms with Crippen LogP contribution in [0.25, 0.3) is 0 Å². The number of nitrogens with zero attached hydrogens (tertiary/aromatic N) is 1. The van der Waals surface area contributed by atoms with E-state index in [1.54, 1.807) is 0 Å². The predicted molar refractivity (Wildman–Crippen MR) is 75.0 cm³/mol. The van der Waals surface area contributed by atoms with Gasteiger partial charge in [0.05, 0.1) is 12.2 Å².